The first kappa shape index (κ1) is 15.1. The molecule has 1 heterocycles. The van der Waals surface area contributed by atoms with Crippen LogP contribution in [0.25, 0.3) is 0 Å². The van der Waals surface area contributed by atoms with Crippen molar-refractivity contribution >= 4 is 11.8 Å². The SMILES string of the molecule is CCCNC(=O)CCN(Cc1ccccn1)C(C)=O. The highest BCUT2D eigenvalue weighted by Crippen LogP contribution is 2.02. The molecule has 0 aliphatic heterocycles. The molecular weight excluding hydrogens is 242 g/mol. The van der Waals surface area contributed by atoms with Crippen LogP contribution in [0.1, 0.15) is 32.4 Å². The van der Waals surface area contributed by atoms with Crippen LogP contribution >= 0.6 is 0 Å². The minimum atomic E-state index is -0.0473. The first-order chi connectivity index (χ1) is 9.13. The van der Waals surface area contributed by atoms with Crippen LogP contribution in [-0.2, 0) is 16.1 Å². The summed E-state index contributed by atoms with van der Waals surface area (Å²) in [5.41, 5.74) is 0.826. The summed E-state index contributed by atoms with van der Waals surface area (Å²) < 4.78 is 0. The molecular formula is C14H21N3O2. The van der Waals surface area contributed by atoms with Crippen LogP contribution in [0, 0.1) is 0 Å². The molecule has 0 unspecified atom stereocenters. The lowest BCUT2D eigenvalue weighted by Gasteiger charge is -2.20. The van der Waals surface area contributed by atoms with Crippen molar-refractivity contribution < 1.29 is 9.59 Å². The van der Waals surface area contributed by atoms with Gasteiger partial charge in [-0.2, -0.15) is 0 Å². The van der Waals surface area contributed by atoms with E-state index in [0.717, 1.165) is 12.1 Å². The van der Waals surface area contributed by atoms with Crippen molar-refractivity contribution in [2.45, 2.75) is 33.2 Å². The Bertz CT molecular complexity index is 406. The van der Waals surface area contributed by atoms with Crippen LogP contribution in [0.4, 0.5) is 0 Å². The van der Waals surface area contributed by atoms with Crippen LogP contribution in [0.3, 0.4) is 0 Å². The molecule has 1 aromatic rings. The van der Waals surface area contributed by atoms with Crippen molar-refractivity contribution in [2.75, 3.05) is 13.1 Å². The smallest absolute Gasteiger partial charge is 0.221 e. The van der Waals surface area contributed by atoms with Gasteiger partial charge in [0.2, 0.25) is 11.8 Å². The molecule has 1 aromatic heterocycles. The molecule has 0 spiro atoms. The highest BCUT2D eigenvalue weighted by atomic mass is 16.2. The minimum Gasteiger partial charge on any atom is -0.356 e. The molecule has 0 aromatic carbocycles. The third kappa shape index (κ3) is 5.99. The maximum Gasteiger partial charge on any atom is 0.221 e. The topological polar surface area (TPSA) is 62.3 Å². The molecule has 104 valence electrons. The highest BCUT2D eigenvalue weighted by Gasteiger charge is 2.11. The van der Waals surface area contributed by atoms with E-state index in [0.29, 0.717) is 26.1 Å². The number of nitrogens with one attached hydrogen (secondary N) is 1. The molecule has 2 amide bonds. The van der Waals surface area contributed by atoms with E-state index in [4.69, 9.17) is 0 Å². The van der Waals surface area contributed by atoms with Crippen LogP contribution < -0.4 is 5.32 Å². The summed E-state index contributed by atoms with van der Waals surface area (Å²) in [7, 11) is 0. The standard InChI is InChI=1S/C14H21N3O2/c1-3-8-16-14(19)7-10-17(12(2)18)11-13-6-4-5-9-15-13/h4-6,9H,3,7-8,10-11H2,1-2H3,(H,16,19). The van der Waals surface area contributed by atoms with E-state index in [2.05, 4.69) is 10.3 Å². The zero-order valence-corrected chi connectivity index (χ0v) is 11.6. The predicted molar refractivity (Wildman–Crippen MR) is 73.2 cm³/mol. The highest BCUT2D eigenvalue weighted by molar-refractivity contribution is 5.77. The molecule has 0 aliphatic carbocycles. The number of pyridine rings is 1. The van der Waals surface area contributed by atoms with Gasteiger partial charge in [0.15, 0.2) is 0 Å². The predicted octanol–water partition coefficient (Wildman–Crippen LogP) is 1.35. The van der Waals surface area contributed by atoms with Gasteiger partial charge >= 0.3 is 0 Å². The summed E-state index contributed by atoms with van der Waals surface area (Å²) in [6, 6.07) is 5.58. The Balaban J connectivity index is 2.45. The van der Waals surface area contributed by atoms with Crippen molar-refractivity contribution in [3.05, 3.63) is 30.1 Å². The van der Waals surface area contributed by atoms with Gasteiger partial charge in [-0.1, -0.05) is 13.0 Å². The number of hydrogen-bond acceptors (Lipinski definition) is 3. The quantitative estimate of drug-likeness (QED) is 0.807. The van der Waals surface area contributed by atoms with Gasteiger partial charge in [-0.05, 0) is 18.6 Å². The van der Waals surface area contributed by atoms with Gasteiger partial charge in [0, 0.05) is 32.6 Å². The van der Waals surface area contributed by atoms with Crippen LogP contribution in [-0.4, -0.2) is 34.8 Å². The number of nitrogens with zero attached hydrogens (tertiary/aromatic N) is 2. The van der Waals surface area contributed by atoms with E-state index in [-0.39, 0.29) is 11.8 Å². The summed E-state index contributed by atoms with van der Waals surface area (Å²) in [5.74, 6) is -0.0666. The normalized spacial score (nSPS) is 10.0. The van der Waals surface area contributed by atoms with Gasteiger partial charge in [-0.25, -0.2) is 0 Å². The van der Waals surface area contributed by atoms with E-state index < -0.39 is 0 Å². The molecule has 0 saturated carbocycles. The number of hydrogen-bond donors (Lipinski definition) is 1. The Morgan fingerprint density at radius 3 is 2.74 bits per heavy atom. The Morgan fingerprint density at radius 1 is 1.37 bits per heavy atom. The maximum atomic E-state index is 11.5. The zero-order chi connectivity index (χ0) is 14.1. The third-order valence-electron chi connectivity index (χ3n) is 2.71. The maximum absolute atomic E-state index is 11.5. The molecule has 5 heteroatoms. The Hall–Kier alpha value is -1.91. The fraction of sp³-hybridized carbons (Fsp3) is 0.500. The van der Waals surface area contributed by atoms with Gasteiger partial charge in [0.05, 0.1) is 12.2 Å². The van der Waals surface area contributed by atoms with Crippen molar-refractivity contribution in [3.8, 4) is 0 Å². The molecule has 5 nitrogen and oxygen atoms in total. The number of rotatable bonds is 7. The Kier molecular flexibility index (Phi) is 6.57. The van der Waals surface area contributed by atoms with E-state index >= 15 is 0 Å². The van der Waals surface area contributed by atoms with Crippen molar-refractivity contribution in [1.82, 2.24) is 15.2 Å². The lowest BCUT2D eigenvalue weighted by molar-refractivity contribution is -0.130. The molecule has 19 heavy (non-hydrogen) atoms. The van der Waals surface area contributed by atoms with Crippen LogP contribution in [0.2, 0.25) is 0 Å². The van der Waals surface area contributed by atoms with E-state index in [1.165, 1.54) is 6.92 Å². The summed E-state index contributed by atoms with van der Waals surface area (Å²) in [6.07, 6.45) is 2.93. The fourth-order valence-electron chi connectivity index (χ4n) is 1.62. The second kappa shape index (κ2) is 8.24. The molecule has 0 aliphatic rings. The van der Waals surface area contributed by atoms with Gasteiger partial charge in [0.25, 0.3) is 0 Å². The van der Waals surface area contributed by atoms with Gasteiger partial charge in [0.1, 0.15) is 0 Å². The second-order valence-corrected chi connectivity index (χ2v) is 4.36. The third-order valence-corrected chi connectivity index (χ3v) is 2.71. The minimum absolute atomic E-state index is 0.0193. The first-order valence-corrected chi connectivity index (χ1v) is 6.55. The molecule has 0 bridgehead atoms. The molecule has 0 saturated heterocycles. The Labute approximate surface area is 114 Å². The summed E-state index contributed by atoms with van der Waals surface area (Å²) in [5, 5.41) is 2.80. The van der Waals surface area contributed by atoms with Crippen molar-refractivity contribution in [1.29, 1.82) is 0 Å². The molecule has 0 radical (unpaired) electrons. The van der Waals surface area contributed by atoms with Gasteiger partial charge in [-0.3, -0.25) is 14.6 Å². The van der Waals surface area contributed by atoms with Crippen LogP contribution in [0.5, 0.6) is 0 Å². The number of carbonyl (C=O) groups is 2. The lowest BCUT2D eigenvalue weighted by atomic mass is 10.3. The molecule has 0 atom stereocenters. The Morgan fingerprint density at radius 2 is 2.16 bits per heavy atom. The zero-order valence-electron chi connectivity index (χ0n) is 11.6. The molecule has 0 fully saturated rings. The monoisotopic (exact) mass is 263 g/mol. The number of carbonyl (C=O) groups excluding carboxylic acids is 2. The van der Waals surface area contributed by atoms with Gasteiger partial charge < -0.3 is 10.2 Å². The first-order valence-electron chi connectivity index (χ1n) is 6.55. The second-order valence-electron chi connectivity index (χ2n) is 4.36. The fourth-order valence-corrected chi connectivity index (χ4v) is 1.62. The largest absolute Gasteiger partial charge is 0.356 e. The van der Waals surface area contributed by atoms with E-state index in [1.54, 1.807) is 11.1 Å². The average Bonchev–Trinajstić information content (AvgIpc) is 2.41. The van der Waals surface area contributed by atoms with E-state index in [9.17, 15) is 9.59 Å². The summed E-state index contributed by atoms with van der Waals surface area (Å²) in [6.45, 7) is 5.05. The van der Waals surface area contributed by atoms with Crippen molar-refractivity contribution in [3.63, 3.8) is 0 Å². The van der Waals surface area contributed by atoms with Crippen molar-refractivity contribution in [2.24, 2.45) is 0 Å². The molecule has 1 rings (SSSR count). The van der Waals surface area contributed by atoms with E-state index in [1.807, 2.05) is 25.1 Å². The number of aromatic nitrogens is 1. The number of amides is 2. The summed E-state index contributed by atoms with van der Waals surface area (Å²) >= 11 is 0. The lowest BCUT2D eigenvalue weighted by Crippen LogP contribution is -2.33. The van der Waals surface area contributed by atoms with Crippen LogP contribution in [0.15, 0.2) is 24.4 Å². The molecule has 1 N–H and O–H groups in total. The van der Waals surface area contributed by atoms with Gasteiger partial charge in [-0.15, -0.1) is 0 Å². The summed E-state index contributed by atoms with van der Waals surface area (Å²) in [4.78, 5) is 28.9. The average molecular weight is 263 g/mol.